The van der Waals surface area contributed by atoms with E-state index >= 15 is 0 Å². The van der Waals surface area contributed by atoms with Gasteiger partial charge in [0.05, 0.1) is 6.54 Å². The van der Waals surface area contributed by atoms with E-state index in [2.05, 4.69) is 16.0 Å². The minimum absolute atomic E-state index is 0.00197. The Balaban J connectivity index is 2.38. The Morgan fingerprint density at radius 1 is 1.22 bits per heavy atom. The standard InChI is InChI=1S/C13H19N3O2/c1-9(2)15-13(18)16-12(17)8-14-11-7-5-4-6-10(11)3/h4-7,9,14H,8H2,1-3H3,(H2,15,16,17,18). The second-order valence-corrected chi connectivity index (χ2v) is 4.34. The summed E-state index contributed by atoms with van der Waals surface area (Å²) < 4.78 is 0. The predicted octanol–water partition coefficient (Wildman–Crippen LogP) is 1.64. The molecule has 0 saturated heterocycles. The maximum Gasteiger partial charge on any atom is 0.321 e. The van der Waals surface area contributed by atoms with Crippen LogP contribution in [-0.2, 0) is 4.79 Å². The molecular formula is C13H19N3O2. The highest BCUT2D eigenvalue weighted by atomic mass is 16.2. The summed E-state index contributed by atoms with van der Waals surface area (Å²) in [5.41, 5.74) is 1.94. The maximum absolute atomic E-state index is 11.5. The van der Waals surface area contributed by atoms with Gasteiger partial charge in [-0.25, -0.2) is 4.79 Å². The summed E-state index contributed by atoms with van der Waals surface area (Å²) in [5, 5.41) is 7.81. The van der Waals surface area contributed by atoms with Crippen LogP contribution in [0, 0.1) is 6.92 Å². The summed E-state index contributed by atoms with van der Waals surface area (Å²) >= 11 is 0. The molecule has 0 heterocycles. The van der Waals surface area contributed by atoms with Crippen molar-refractivity contribution >= 4 is 17.6 Å². The molecule has 0 aliphatic rings. The molecule has 0 unspecified atom stereocenters. The summed E-state index contributed by atoms with van der Waals surface area (Å²) in [6.45, 7) is 5.67. The van der Waals surface area contributed by atoms with Crippen molar-refractivity contribution in [2.24, 2.45) is 0 Å². The van der Waals surface area contributed by atoms with Crippen LogP contribution in [0.3, 0.4) is 0 Å². The number of anilines is 1. The van der Waals surface area contributed by atoms with Crippen LogP contribution in [0.25, 0.3) is 0 Å². The first-order valence-electron chi connectivity index (χ1n) is 5.89. The number of amides is 3. The van der Waals surface area contributed by atoms with Gasteiger partial charge in [0, 0.05) is 11.7 Å². The number of urea groups is 1. The first kappa shape index (κ1) is 14.0. The van der Waals surface area contributed by atoms with Gasteiger partial charge in [-0.1, -0.05) is 18.2 Å². The van der Waals surface area contributed by atoms with E-state index in [-0.39, 0.29) is 18.5 Å². The molecule has 0 fully saturated rings. The van der Waals surface area contributed by atoms with E-state index in [1.54, 1.807) is 0 Å². The maximum atomic E-state index is 11.5. The van der Waals surface area contributed by atoms with Crippen LogP contribution >= 0.6 is 0 Å². The Hall–Kier alpha value is -2.04. The van der Waals surface area contributed by atoms with E-state index in [1.807, 2.05) is 45.0 Å². The predicted molar refractivity (Wildman–Crippen MR) is 71.5 cm³/mol. The fourth-order valence-electron chi connectivity index (χ4n) is 1.42. The van der Waals surface area contributed by atoms with E-state index in [0.717, 1.165) is 11.3 Å². The number of carbonyl (C=O) groups excluding carboxylic acids is 2. The van der Waals surface area contributed by atoms with Gasteiger partial charge in [-0.15, -0.1) is 0 Å². The number of nitrogens with one attached hydrogen (secondary N) is 3. The molecule has 0 spiro atoms. The van der Waals surface area contributed by atoms with E-state index in [1.165, 1.54) is 0 Å². The average molecular weight is 249 g/mol. The number of hydrogen-bond donors (Lipinski definition) is 3. The lowest BCUT2D eigenvalue weighted by Gasteiger charge is -2.11. The Kier molecular flexibility index (Phi) is 5.17. The minimum Gasteiger partial charge on any atom is -0.376 e. The topological polar surface area (TPSA) is 70.2 Å². The van der Waals surface area contributed by atoms with Gasteiger partial charge >= 0.3 is 6.03 Å². The highest BCUT2D eigenvalue weighted by Crippen LogP contribution is 2.12. The third-order valence-corrected chi connectivity index (χ3v) is 2.26. The highest BCUT2D eigenvalue weighted by Gasteiger charge is 2.08. The molecule has 1 rings (SSSR count). The molecule has 0 aliphatic heterocycles. The Morgan fingerprint density at radius 3 is 2.50 bits per heavy atom. The summed E-state index contributed by atoms with van der Waals surface area (Å²) in [4.78, 5) is 22.8. The van der Waals surface area contributed by atoms with E-state index < -0.39 is 6.03 Å². The van der Waals surface area contributed by atoms with Crippen molar-refractivity contribution in [1.29, 1.82) is 0 Å². The smallest absolute Gasteiger partial charge is 0.321 e. The molecule has 0 aromatic heterocycles. The number of aryl methyl sites for hydroxylation is 1. The fourth-order valence-corrected chi connectivity index (χ4v) is 1.42. The second kappa shape index (κ2) is 6.64. The lowest BCUT2D eigenvalue weighted by molar-refractivity contribution is -0.118. The van der Waals surface area contributed by atoms with E-state index in [4.69, 9.17) is 0 Å². The number of para-hydroxylation sites is 1. The molecule has 3 N–H and O–H groups in total. The number of benzene rings is 1. The van der Waals surface area contributed by atoms with Crippen molar-refractivity contribution in [1.82, 2.24) is 10.6 Å². The number of rotatable bonds is 4. The van der Waals surface area contributed by atoms with Gasteiger partial charge in [0.15, 0.2) is 0 Å². The minimum atomic E-state index is -0.471. The van der Waals surface area contributed by atoms with Crippen LogP contribution in [-0.4, -0.2) is 24.5 Å². The van der Waals surface area contributed by atoms with E-state index in [9.17, 15) is 9.59 Å². The molecule has 98 valence electrons. The van der Waals surface area contributed by atoms with Crippen LogP contribution < -0.4 is 16.0 Å². The zero-order valence-electron chi connectivity index (χ0n) is 10.9. The van der Waals surface area contributed by atoms with E-state index in [0.29, 0.717) is 0 Å². The van der Waals surface area contributed by atoms with Crippen molar-refractivity contribution in [2.45, 2.75) is 26.8 Å². The summed E-state index contributed by atoms with van der Waals surface area (Å²) in [5.74, 6) is -0.364. The Labute approximate surface area is 107 Å². The van der Waals surface area contributed by atoms with Gasteiger partial charge in [0.2, 0.25) is 5.91 Å². The molecule has 1 aromatic carbocycles. The molecule has 1 aromatic rings. The Bertz CT molecular complexity index is 430. The third kappa shape index (κ3) is 4.86. The van der Waals surface area contributed by atoms with Crippen molar-refractivity contribution in [3.63, 3.8) is 0 Å². The SMILES string of the molecule is Cc1ccccc1NCC(=O)NC(=O)NC(C)C. The fraction of sp³-hybridized carbons (Fsp3) is 0.385. The summed E-state index contributed by atoms with van der Waals surface area (Å²) in [7, 11) is 0. The van der Waals surface area contributed by atoms with Crippen molar-refractivity contribution in [3.05, 3.63) is 29.8 Å². The molecule has 18 heavy (non-hydrogen) atoms. The van der Waals surface area contributed by atoms with Crippen LogP contribution in [0.15, 0.2) is 24.3 Å². The van der Waals surface area contributed by atoms with Gasteiger partial charge < -0.3 is 10.6 Å². The normalized spacial score (nSPS) is 10.0. The molecule has 0 bridgehead atoms. The molecule has 5 nitrogen and oxygen atoms in total. The van der Waals surface area contributed by atoms with Crippen LogP contribution in [0.2, 0.25) is 0 Å². The lowest BCUT2D eigenvalue weighted by Crippen LogP contribution is -2.44. The van der Waals surface area contributed by atoms with Crippen LogP contribution in [0.5, 0.6) is 0 Å². The molecule has 0 radical (unpaired) electrons. The summed E-state index contributed by atoms with van der Waals surface area (Å²) in [6.07, 6.45) is 0. The lowest BCUT2D eigenvalue weighted by atomic mass is 10.2. The zero-order chi connectivity index (χ0) is 13.5. The van der Waals surface area contributed by atoms with Gasteiger partial charge in [-0.2, -0.15) is 0 Å². The molecular weight excluding hydrogens is 230 g/mol. The monoisotopic (exact) mass is 249 g/mol. The summed E-state index contributed by atoms with van der Waals surface area (Å²) in [6, 6.07) is 7.18. The molecule has 5 heteroatoms. The average Bonchev–Trinajstić information content (AvgIpc) is 2.26. The zero-order valence-corrected chi connectivity index (χ0v) is 10.9. The third-order valence-electron chi connectivity index (χ3n) is 2.26. The first-order chi connectivity index (χ1) is 8.49. The van der Waals surface area contributed by atoms with Crippen LogP contribution in [0.4, 0.5) is 10.5 Å². The van der Waals surface area contributed by atoms with Gasteiger partial charge in [0.25, 0.3) is 0 Å². The van der Waals surface area contributed by atoms with Crippen LogP contribution in [0.1, 0.15) is 19.4 Å². The van der Waals surface area contributed by atoms with Gasteiger partial charge in [-0.3, -0.25) is 10.1 Å². The van der Waals surface area contributed by atoms with Gasteiger partial charge in [0.1, 0.15) is 0 Å². The quantitative estimate of drug-likeness (QED) is 0.759. The Morgan fingerprint density at radius 2 is 1.89 bits per heavy atom. The molecule has 0 aliphatic carbocycles. The number of imide groups is 1. The molecule has 0 atom stereocenters. The molecule has 0 saturated carbocycles. The van der Waals surface area contributed by atoms with Crippen molar-refractivity contribution in [2.75, 3.05) is 11.9 Å². The molecule has 3 amide bonds. The second-order valence-electron chi connectivity index (χ2n) is 4.34. The first-order valence-corrected chi connectivity index (χ1v) is 5.89. The largest absolute Gasteiger partial charge is 0.376 e. The van der Waals surface area contributed by atoms with Crippen molar-refractivity contribution in [3.8, 4) is 0 Å². The van der Waals surface area contributed by atoms with Crippen molar-refractivity contribution < 1.29 is 9.59 Å². The number of hydrogen-bond acceptors (Lipinski definition) is 3. The van der Waals surface area contributed by atoms with Gasteiger partial charge in [-0.05, 0) is 32.4 Å². The number of carbonyl (C=O) groups is 2. The highest BCUT2D eigenvalue weighted by molar-refractivity contribution is 5.96.